The van der Waals surface area contributed by atoms with Gasteiger partial charge in [-0.2, -0.15) is 0 Å². The molecule has 65 heavy (non-hydrogen) atoms. The van der Waals surface area contributed by atoms with E-state index in [1.807, 2.05) is 36.9 Å². The van der Waals surface area contributed by atoms with Crippen LogP contribution in [0, 0.1) is 5.92 Å². The summed E-state index contributed by atoms with van der Waals surface area (Å²) in [6, 6.07) is 20.6. The van der Waals surface area contributed by atoms with Crippen molar-refractivity contribution in [1.29, 1.82) is 0 Å². The van der Waals surface area contributed by atoms with Gasteiger partial charge in [-0.25, -0.2) is 0 Å². The van der Waals surface area contributed by atoms with Gasteiger partial charge in [0.05, 0.1) is 29.4 Å². The lowest BCUT2D eigenvalue weighted by atomic mass is 9.83. The molecule has 6 heterocycles. The Bertz CT molecular complexity index is 2740. The van der Waals surface area contributed by atoms with E-state index < -0.39 is 17.4 Å². The number of anilines is 2. The quantitative estimate of drug-likeness (QED) is 0.148. The number of aromatic nitrogens is 4. The smallest absolute Gasteiger partial charge is 0.253 e. The van der Waals surface area contributed by atoms with Gasteiger partial charge in [0.15, 0.2) is 0 Å². The molecule has 1 atom stereocenters. The van der Waals surface area contributed by atoms with E-state index in [1.54, 1.807) is 41.0 Å². The van der Waals surface area contributed by atoms with Crippen molar-refractivity contribution in [3.8, 4) is 11.1 Å². The van der Waals surface area contributed by atoms with Gasteiger partial charge in [0, 0.05) is 99.3 Å². The summed E-state index contributed by atoms with van der Waals surface area (Å²) in [6.45, 7) is 8.10. The minimum atomic E-state index is -0.828. The number of benzene rings is 3. The van der Waals surface area contributed by atoms with Crippen LogP contribution in [0.3, 0.4) is 0 Å². The van der Waals surface area contributed by atoms with Crippen LogP contribution in [-0.2, 0) is 37.7 Å². The lowest BCUT2D eigenvalue weighted by molar-refractivity contribution is -0.136. The molecule has 14 heteroatoms. The molecule has 5 aromatic rings. The molecule has 5 aliphatic rings. The highest BCUT2D eigenvalue weighted by Crippen LogP contribution is 2.49. The SMILES string of the molecule is CN(C)C(=O)c1cc(-c2ccc(C3CCN(c4cccc5c4C(C)(C)C(=O)N5C4CCC(=O)NC4=O)CC3)cc2)c2c(c1)cc(C1=CCCN(C(=O)CCn3ccnn3)C1)n2CC1CC1. The molecule has 1 saturated carbocycles. The number of amides is 5. The van der Waals surface area contributed by atoms with E-state index in [4.69, 9.17) is 0 Å². The fourth-order valence-corrected chi connectivity index (χ4v) is 10.7. The number of carbonyl (C=O) groups excluding carboxylic acids is 5. The minimum absolute atomic E-state index is 0.0467. The molecule has 10 rings (SSSR count). The van der Waals surface area contributed by atoms with Crippen LogP contribution < -0.4 is 15.1 Å². The van der Waals surface area contributed by atoms with Crippen molar-refractivity contribution >= 4 is 57.4 Å². The molecule has 1 unspecified atom stereocenters. The predicted octanol–water partition coefficient (Wildman–Crippen LogP) is 6.53. The summed E-state index contributed by atoms with van der Waals surface area (Å²) < 4.78 is 4.16. The van der Waals surface area contributed by atoms with E-state index in [1.165, 1.54) is 18.4 Å². The average Bonchev–Trinajstić information content (AvgIpc) is 3.75. The molecule has 14 nitrogen and oxygen atoms in total. The van der Waals surface area contributed by atoms with E-state index in [2.05, 4.69) is 73.6 Å². The Kier molecular flexibility index (Phi) is 10.9. The Balaban J connectivity index is 0.913. The summed E-state index contributed by atoms with van der Waals surface area (Å²) in [6.07, 6.45) is 11.6. The van der Waals surface area contributed by atoms with E-state index in [9.17, 15) is 24.0 Å². The highest BCUT2D eigenvalue weighted by Gasteiger charge is 2.50. The number of nitrogens with zero attached hydrogens (tertiary/aromatic N) is 8. The van der Waals surface area contributed by atoms with Gasteiger partial charge in [0.2, 0.25) is 23.6 Å². The number of hydrogen-bond donors (Lipinski definition) is 1. The molecule has 3 fully saturated rings. The number of imide groups is 1. The van der Waals surface area contributed by atoms with E-state index >= 15 is 0 Å². The summed E-state index contributed by atoms with van der Waals surface area (Å²) in [4.78, 5) is 73.6. The monoisotopic (exact) mass is 875 g/mol. The number of carbonyl (C=O) groups is 5. The normalized spacial score (nSPS) is 20.0. The number of rotatable bonds is 11. The molecule has 1 aliphatic carbocycles. The van der Waals surface area contributed by atoms with Crippen LogP contribution in [0.2, 0.25) is 0 Å². The number of aryl methyl sites for hydroxylation is 1. The van der Waals surface area contributed by atoms with Crippen LogP contribution in [-0.4, -0.2) is 105 Å². The average molecular weight is 876 g/mol. The first-order valence-corrected chi connectivity index (χ1v) is 23.2. The van der Waals surface area contributed by atoms with Crippen molar-refractivity contribution in [3.63, 3.8) is 0 Å². The van der Waals surface area contributed by atoms with Gasteiger partial charge < -0.3 is 19.3 Å². The van der Waals surface area contributed by atoms with E-state index in [0.29, 0.717) is 49.9 Å². The second kappa shape index (κ2) is 16.8. The summed E-state index contributed by atoms with van der Waals surface area (Å²) in [5.41, 5.74) is 9.27. The molecule has 1 N–H and O–H groups in total. The summed E-state index contributed by atoms with van der Waals surface area (Å²) in [7, 11) is 3.58. The van der Waals surface area contributed by atoms with Crippen LogP contribution in [0.1, 0.15) is 98.3 Å². The second-order valence-electron chi connectivity index (χ2n) is 19.3. The zero-order valence-corrected chi connectivity index (χ0v) is 37.8. The molecule has 0 bridgehead atoms. The van der Waals surface area contributed by atoms with Gasteiger partial charge in [-0.05, 0) is 111 Å². The highest BCUT2D eigenvalue weighted by atomic mass is 16.2. The lowest BCUT2D eigenvalue weighted by Gasteiger charge is -2.36. The van der Waals surface area contributed by atoms with E-state index in [-0.39, 0.29) is 30.0 Å². The van der Waals surface area contributed by atoms with Gasteiger partial charge in [0.1, 0.15) is 6.04 Å². The molecule has 3 aromatic carbocycles. The van der Waals surface area contributed by atoms with Crippen LogP contribution >= 0.6 is 0 Å². The number of nitrogens with one attached hydrogen (secondary N) is 1. The largest absolute Gasteiger partial charge is 0.371 e. The molecule has 2 aromatic heterocycles. The standard InChI is InChI=1S/C51H57N9O5/c1-51(2)46-40(8-5-9-41(46)60(50(51)65)42-16-17-44(61)53-48(42)63)56-23-18-34(19-24-56)33-12-14-35(15-13-33)39-28-38(49(64)55(3)4)27-37-29-43(59(47(37)39)30-32-10-11-32)36-7-6-22-57(31-36)45(62)20-25-58-26-21-52-54-58/h5,7-9,12-15,21,26-29,32,34,42H,6,10-11,16-20,22-25,30-31H2,1-4H3,(H,53,61,63). The van der Waals surface area contributed by atoms with Crippen molar-refractivity contribution in [2.75, 3.05) is 50.1 Å². The molecule has 5 amide bonds. The molecule has 0 spiro atoms. The molecule has 2 saturated heterocycles. The zero-order valence-electron chi connectivity index (χ0n) is 37.8. The summed E-state index contributed by atoms with van der Waals surface area (Å²) >= 11 is 0. The molecule has 4 aliphatic heterocycles. The maximum atomic E-state index is 14.0. The first-order chi connectivity index (χ1) is 31.3. The van der Waals surface area contributed by atoms with Crippen molar-refractivity contribution in [2.45, 2.75) is 95.7 Å². The first-order valence-electron chi connectivity index (χ1n) is 23.2. The molecular formula is C51H57N9O5. The molecular weight excluding hydrogens is 819 g/mol. The van der Waals surface area contributed by atoms with Crippen molar-refractivity contribution in [1.82, 2.24) is 34.7 Å². The van der Waals surface area contributed by atoms with Crippen LogP contribution in [0.5, 0.6) is 0 Å². The predicted molar refractivity (Wildman–Crippen MR) is 249 cm³/mol. The van der Waals surface area contributed by atoms with Gasteiger partial charge in [-0.1, -0.05) is 41.6 Å². The lowest BCUT2D eigenvalue weighted by Crippen LogP contribution is -2.55. The van der Waals surface area contributed by atoms with Crippen molar-refractivity contribution in [2.24, 2.45) is 5.92 Å². The Labute approximate surface area is 379 Å². The van der Waals surface area contributed by atoms with E-state index in [0.717, 1.165) is 89.1 Å². The van der Waals surface area contributed by atoms with Crippen molar-refractivity contribution < 1.29 is 24.0 Å². The fraction of sp³-hybridized carbons (Fsp3) is 0.431. The van der Waals surface area contributed by atoms with Crippen LogP contribution in [0.4, 0.5) is 11.4 Å². The Morgan fingerprint density at radius 3 is 2.38 bits per heavy atom. The second-order valence-corrected chi connectivity index (χ2v) is 19.3. The van der Waals surface area contributed by atoms with Crippen molar-refractivity contribution in [3.05, 3.63) is 102 Å². The number of piperidine rings is 2. The third-order valence-electron chi connectivity index (χ3n) is 14.4. The topological polar surface area (TPSA) is 146 Å². The Morgan fingerprint density at radius 2 is 1.68 bits per heavy atom. The zero-order chi connectivity index (χ0) is 45.1. The van der Waals surface area contributed by atoms with Gasteiger partial charge in [-0.3, -0.25) is 38.9 Å². The van der Waals surface area contributed by atoms with Gasteiger partial charge in [-0.15, -0.1) is 5.10 Å². The maximum absolute atomic E-state index is 14.0. The van der Waals surface area contributed by atoms with Crippen LogP contribution in [0.15, 0.2) is 79.1 Å². The summed E-state index contributed by atoms with van der Waals surface area (Å²) in [5, 5.41) is 11.4. The number of fused-ring (bicyclic) bond motifs is 2. The minimum Gasteiger partial charge on any atom is -0.371 e. The van der Waals surface area contributed by atoms with Crippen LogP contribution in [0.25, 0.3) is 27.6 Å². The molecule has 336 valence electrons. The third-order valence-corrected chi connectivity index (χ3v) is 14.4. The Hall–Kier alpha value is -6.57. The highest BCUT2D eigenvalue weighted by molar-refractivity contribution is 6.15. The fourth-order valence-electron chi connectivity index (χ4n) is 10.7. The number of hydrogen-bond acceptors (Lipinski definition) is 8. The maximum Gasteiger partial charge on any atom is 0.253 e. The Morgan fingerprint density at radius 1 is 0.908 bits per heavy atom. The first kappa shape index (κ1) is 42.4. The van der Waals surface area contributed by atoms with Gasteiger partial charge in [0.25, 0.3) is 5.91 Å². The third kappa shape index (κ3) is 7.90. The van der Waals surface area contributed by atoms with Gasteiger partial charge >= 0.3 is 0 Å². The molecule has 0 radical (unpaired) electrons. The summed E-state index contributed by atoms with van der Waals surface area (Å²) in [5.74, 6) is 0.159.